The molecule has 0 aromatic heterocycles. The van der Waals surface area contributed by atoms with Crippen molar-refractivity contribution in [3.8, 4) is 0 Å². The molecule has 0 spiro atoms. The van der Waals surface area contributed by atoms with Gasteiger partial charge in [-0.2, -0.15) is 13.2 Å². The van der Waals surface area contributed by atoms with Crippen LogP contribution in [0.15, 0.2) is 54.6 Å². The van der Waals surface area contributed by atoms with Gasteiger partial charge in [0.2, 0.25) is 0 Å². The normalized spacial score (nSPS) is 11.4. The number of benzene rings is 2. The van der Waals surface area contributed by atoms with Gasteiger partial charge in [0.05, 0.1) is 5.56 Å². The van der Waals surface area contributed by atoms with Crippen LogP contribution in [-0.4, -0.2) is 18.5 Å². The fourth-order valence-electron chi connectivity index (χ4n) is 2.02. The molecule has 0 bridgehead atoms. The summed E-state index contributed by atoms with van der Waals surface area (Å²) in [7, 11) is 0. The third kappa shape index (κ3) is 7.15. The molecule has 2 aromatic rings. The average Bonchev–Trinajstić information content (AvgIpc) is 2.64. The van der Waals surface area contributed by atoms with Gasteiger partial charge in [0.25, 0.3) is 5.91 Å². The highest BCUT2D eigenvalue weighted by Crippen LogP contribution is 2.29. The highest BCUT2D eigenvalue weighted by Gasteiger charge is 2.30. The molecule has 0 atom stereocenters. The maximum absolute atomic E-state index is 12.6. The zero-order valence-electron chi connectivity index (χ0n) is 13.9. The molecule has 8 heteroatoms. The van der Waals surface area contributed by atoms with E-state index in [1.165, 1.54) is 18.2 Å². The van der Waals surface area contributed by atoms with Gasteiger partial charge in [0, 0.05) is 17.6 Å². The first kappa shape index (κ1) is 20.5. The van der Waals surface area contributed by atoms with Crippen LogP contribution in [0.4, 0.5) is 13.2 Å². The van der Waals surface area contributed by atoms with Crippen molar-refractivity contribution in [2.75, 3.05) is 6.61 Å². The first-order valence-electron chi connectivity index (χ1n) is 7.77. The van der Waals surface area contributed by atoms with Crippen LogP contribution in [0.1, 0.15) is 16.7 Å². The van der Waals surface area contributed by atoms with Crippen molar-refractivity contribution in [1.29, 1.82) is 0 Å². The topological polar surface area (TPSA) is 55.4 Å². The van der Waals surface area contributed by atoms with Crippen molar-refractivity contribution >= 4 is 29.6 Å². The Hall–Kier alpha value is -2.80. The van der Waals surface area contributed by atoms with Gasteiger partial charge in [-0.15, -0.1) is 0 Å². The summed E-state index contributed by atoms with van der Waals surface area (Å²) in [5.41, 5.74) is 0.192. The largest absolute Gasteiger partial charge is 0.452 e. The first-order chi connectivity index (χ1) is 12.7. The second kappa shape index (κ2) is 9.23. The second-order valence-corrected chi connectivity index (χ2v) is 5.90. The Morgan fingerprint density at radius 3 is 2.48 bits per heavy atom. The summed E-state index contributed by atoms with van der Waals surface area (Å²) in [6.07, 6.45) is -2.32. The lowest BCUT2D eigenvalue weighted by Crippen LogP contribution is -2.28. The predicted octanol–water partition coefficient (Wildman–Crippen LogP) is 4.23. The van der Waals surface area contributed by atoms with Gasteiger partial charge >= 0.3 is 12.1 Å². The minimum Gasteiger partial charge on any atom is -0.452 e. The maximum atomic E-state index is 12.6. The van der Waals surface area contributed by atoms with Crippen LogP contribution in [-0.2, 0) is 27.0 Å². The second-order valence-electron chi connectivity index (χ2n) is 5.47. The van der Waals surface area contributed by atoms with Crippen molar-refractivity contribution in [2.45, 2.75) is 12.7 Å². The average molecular weight is 398 g/mol. The quantitative estimate of drug-likeness (QED) is 0.586. The number of rotatable bonds is 6. The predicted molar refractivity (Wildman–Crippen MR) is 94.7 cm³/mol. The molecule has 1 N–H and O–H groups in total. The minimum atomic E-state index is -4.47. The molecule has 2 aromatic carbocycles. The molecule has 2 rings (SSSR count). The molecule has 142 valence electrons. The van der Waals surface area contributed by atoms with E-state index in [0.29, 0.717) is 5.02 Å². The molecule has 27 heavy (non-hydrogen) atoms. The third-order valence-corrected chi connectivity index (χ3v) is 3.63. The van der Waals surface area contributed by atoms with Gasteiger partial charge in [-0.3, -0.25) is 4.79 Å². The number of esters is 1. The number of carbonyl (C=O) groups is 2. The zero-order valence-corrected chi connectivity index (χ0v) is 14.7. The molecular formula is C19H15ClF3NO3. The van der Waals surface area contributed by atoms with Crippen LogP contribution in [0.5, 0.6) is 0 Å². The molecule has 0 unspecified atom stereocenters. The highest BCUT2D eigenvalue weighted by molar-refractivity contribution is 6.30. The summed E-state index contributed by atoms with van der Waals surface area (Å²) < 4.78 is 42.6. The van der Waals surface area contributed by atoms with Crippen molar-refractivity contribution in [2.24, 2.45) is 0 Å². The van der Waals surface area contributed by atoms with Crippen LogP contribution >= 0.6 is 11.6 Å². The third-order valence-electron chi connectivity index (χ3n) is 3.37. The Kier molecular flexibility index (Phi) is 7.01. The molecule has 0 aliphatic heterocycles. The number of ether oxygens (including phenoxy) is 1. The standard InChI is InChI=1S/C19H15ClF3NO3/c20-16-7-4-14(5-8-16)11-24-17(25)12-27-18(26)9-6-13-2-1-3-15(10-13)19(21,22)23/h1-10H,11-12H2,(H,24,25)/b9-6+. The Morgan fingerprint density at radius 2 is 1.81 bits per heavy atom. The number of alkyl halides is 3. The van der Waals surface area contributed by atoms with E-state index in [0.717, 1.165) is 23.8 Å². The van der Waals surface area contributed by atoms with E-state index < -0.39 is 30.2 Å². The number of halogens is 4. The summed E-state index contributed by atoms with van der Waals surface area (Å²) in [6, 6.07) is 11.3. The van der Waals surface area contributed by atoms with Gasteiger partial charge in [-0.05, 0) is 41.5 Å². The van der Waals surface area contributed by atoms with E-state index in [1.54, 1.807) is 24.3 Å². The van der Waals surface area contributed by atoms with Crippen molar-refractivity contribution < 1.29 is 27.5 Å². The van der Waals surface area contributed by atoms with E-state index >= 15 is 0 Å². The zero-order chi connectivity index (χ0) is 19.9. The molecule has 0 aliphatic carbocycles. The van der Waals surface area contributed by atoms with Crippen molar-refractivity contribution in [3.63, 3.8) is 0 Å². The Morgan fingerprint density at radius 1 is 1.11 bits per heavy atom. The van der Waals surface area contributed by atoms with Gasteiger partial charge < -0.3 is 10.1 Å². The molecule has 0 aliphatic rings. The first-order valence-corrected chi connectivity index (χ1v) is 8.15. The van der Waals surface area contributed by atoms with Crippen LogP contribution in [0, 0.1) is 0 Å². The summed E-state index contributed by atoms with van der Waals surface area (Å²) in [5.74, 6) is -1.35. The fourth-order valence-corrected chi connectivity index (χ4v) is 2.15. The van der Waals surface area contributed by atoms with E-state index in [-0.39, 0.29) is 12.1 Å². The van der Waals surface area contributed by atoms with Crippen molar-refractivity contribution in [3.05, 3.63) is 76.3 Å². The molecular weight excluding hydrogens is 383 g/mol. The van der Waals surface area contributed by atoms with Gasteiger partial charge in [0.1, 0.15) is 0 Å². The van der Waals surface area contributed by atoms with Crippen LogP contribution in [0.3, 0.4) is 0 Å². The summed E-state index contributed by atoms with van der Waals surface area (Å²) in [6.45, 7) is -0.257. The lowest BCUT2D eigenvalue weighted by molar-refractivity contribution is -0.143. The smallest absolute Gasteiger partial charge is 0.416 e. The van der Waals surface area contributed by atoms with Gasteiger partial charge in [-0.1, -0.05) is 35.9 Å². The Balaban J connectivity index is 1.79. The van der Waals surface area contributed by atoms with E-state index in [1.807, 2.05) is 0 Å². The number of nitrogens with one attached hydrogen (secondary N) is 1. The lowest BCUT2D eigenvalue weighted by Gasteiger charge is -2.07. The Labute approximate surface area is 158 Å². The molecule has 1 amide bonds. The number of carbonyl (C=O) groups excluding carboxylic acids is 2. The lowest BCUT2D eigenvalue weighted by atomic mass is 10.1. The molecule has 0 fully saturated rings. The molecule has 0 heterocycles. The van der Waals surface area contributed by atoms with Crippen LogP contribution in [0.2, 0.25) is 5.02 Å². The van der Waals surface area contributed by atoms with Gasteiger partial charge in [0.15, 0.2) is 6.61 Å². The van der Waals surface area contributed by atoms with E-state index in [9.17, 15) is 22.8 Å². The van der Waals surface area contributed by atoms with Crippen molar-refractivity contribution in [1.82, 2.24) is 5.32 Å². The molecule has 4 nitrogen and oxygen atoms in total. The van der Waals surface area contributed by atoms with E-state index in [4.69, 9.17) is 16.3 Å². The van der Waals surface area contributed by atoms with E-state index in [2.05, 4.69) is 5.32 Å². The summed E-state index contributed by atoms with van der Waals surface area (Å²) >= 11 is 5.76. The Bertz CT molecular complexity index is 833. The highest BCUT2D eigenvalue weighted by atomic mass is 35.5. The van der Waals surface area contributed by atoms with Crippen LogP contribution < -0.4 is 5.32 Å². The number of hydrogen-bond acceptors (Lipinski definition) is 3. The summed E-state index contributed by atoms with van der Waals surface area (Å²) in [4.78, 5) is 23.2. The maximum Gasteiger partial charge on any atom is 0.416 e. The minimum absolute atomic E-state index is 0.189. The van der Waals surface area contributed by atoms with Gasteiger partial charge in [-0.25, -0.2) is 4.79 Å². The van der Waals surface area contributed by atoms with Crippen LogP contribution in [0.25, 0.3) is 6.08 Å². The monoisotopic (exact) mass is 397 g/mol. The molecule has 0 radical (unpaired) electrons. The number of amides is 1. The molecule has 0 saturated heterocycles. The fraction of sp³-hybridized carbons (Fsp3) is 0.158. The molecule has 0 saturated carbocycles. The SMILES string of the molecule is O=C(COC(=O)/C=C/c1cccc(C(F)(F)F)c1)NCc1ccc(Cl)cc1. The summed E-state index contributed by atoms with van der Waals surface area (Å²) in [5, 5.41) is 3.14. The number of hydrogen-bond donors (Lipinski definition) is 1.